The molecular weight excluding hydrogens is 300 g/mol. The maximum absolute atomic E-state index is 13.1. The van der Waals surface area contributed by atoms with E-state index in [1.165, 1.54) is 6.42 Å². The van der Waals surface area contributed by atoms with Crippen LogP contribution in [0.5, 0.6) is 0 Å². The number of esters is 1. The highest BCUT2D eigenvalue weighted by Gasteiger charge is 2.49. The van der Waals surface area contributed by atoms with Gasteiger partial charge in [-0.3, -0.25) is 0 Å². The van der Waals surface area contributed by atoms with Crippen molar-refractivity contribution >= 4 is 5.97 Å². The first-order chi connectivity index (χ1) is 11.5. The highest BCUT2D eigenvalue weighted by molar-refractivity contribution is 5.81. The Balaban J connectivity index is 1.84. The van der Waals surface area contributed by atoms with Crippen LogP contribution in [-0.2, 0) is 15.1 Å². The van der Waals surface area contributed by atoms with Crippen LogP contribution in [0.3, 0.4) is 0 Å². The van der Waals surface area contributed by atoms with Crippen molar-refractivity contribution in [3.8, 4) is 0 Å². The molecule has 1 aromatic carbocycles. The zero-order chi connectivity index (χ0) is 17.2. The van der Waals surface area contributed by atoms with E-state index in [4.69, 9.17) is 4.74 Å². The second kappa shape index (κ2) is 7.26. The SMILES string of the molecule is CC1CCC(C)[C@@H](OC(=O)[C@@](O)(c2ccccc2)C2CCCC2)C1. The molecule has 0 heterocycles. The molecule has 2 aliphatic carbocycles. The average molecular weight is 330 g/mol. The summed E-state index contributed by atoms with van der Waals surface area (Å²) in [5.74, 6) is 0.472. The Morgan fingerprint density at radius 3 is 2.42 bits per heavy atom. The summed E-state index contributed by atoms with van der Waals surface area (Å²) < 4.78 is 5.92. The minimum absolute atomic E-state index is 0.0382. The van der Waals surface area contributed by atoms with Crippen LogP contribution in [0.1, 0.15) is 64.4 Å². The van der Waals surface area contributed by atoms with Gasteiger partial charge in [0, 0.05) is 5.92 Å². The molecule has 3 nitrogen and oxygen atoms in total. The van der Waals surface area contributed by atoms with Crippen LogP contribution in [0, 0.1) is 17.8 Å². The third kappa shape index (κ3) is 3.37. The van der Waals surface area contributed by atoms with Crippen molar-refractivity contribution < 1.29 is 14.6 Å². The van der Waals surface area contributed by atoms with Crippen LogP contribution >= 0.6 is 0 Å². The molecule has 2 saturated carbocycles. The molecule has 0 spiro atoms. The summed E-state index contributed by atoms with van der Waals surface area (Å²) in [5, 5.41) is 11.5. The fourth-order valence-corrected chi connectivity index (χ4v) is 4.43. The Morgan fingerprint density at radius 1 is 1.08 bits per heavy atom. The summed E-state index contributed by atoms with van der Waals surface area (Å²) >= 11 is 0. The lowest BCUT2D eigenvalue weighted by Crippen LogP contribution is -2.46. The molecule has 0 saturated heterocycles. The van der Waals surface area contributed by atoms with E-state index in [1.807, 2.05) is 30.3 Å². The third-order valence-corrected chi connectivity index (χ3v) is 6.11. The number of aliphatic hydroxyl groups is 1. The van der Waals surface area contributed by atoms with Gasteiger partial charge in [0.05, 0.1) is 0 Å². The van der Waals surface area contributed by atoms with Gasteiger partial charge in [0.2, 0.25) is 0 Å². The highest BCUT2D eigenvalue weighted by atomic mass is 16.6. The van der Waals surface area contributed by atoms with Crippen molar-refractivity contribution in [2.45, 2.75) is 70.5 Å². The number of rotatable bonds is 4. The van der Waals surface area contributed by atoms with Crippen molar-refractivity contribution in [1.29, 1.82) is 0 Å². The summed E-state index contributed by atoms with van der Waals surface area (Å²) in [4.78, 5) is 13.1. The molecule has 3 rings (SSSR count). The van der Waals surface area contributed by atoms with Gasteiger partial charge in [0.1, 0.15) is 6.10 Å². The Bertz CT molecular complexity index is 549. The zero-order valence-electron chi connectivity index (χ0n) is 14.9. The molecule has 1 aromatic rings. The Labute approximate surface area is 145 Å². The van der Waals surface area contributed by atoms with Crippen LogP contribution in [0.25, 0.3) is 0 Å². The second-order valence-corrected chi connectivity index (χ2v) is 7.95. The molecule has 2 fully saturated rings. The topological polar surface area (TPSA) is 46.5 Å². The van der Waals surface area contributed by atoms with Crippen molar-refractivity contribution in [3.05, 3.63) is 35.9 Å². The summed E-state index contributed by atoms with van der Waals surface area (Å²) in [6.07, 6.45) is 7.04. The van der Waals surface area contributed by atoms with E-state index in [1.54, 1.807) is 0 Å². The molecule has 132 valence electrons. The van der Waals surface area contributed by atoms with E-state index in [9.17, 15) is 9.90 Å². The molecule has 0 radical (unpaired) electrons. The number of carbonyl (C=O) groups is 1. The Morgan fingerprint density at radius 2 is 1.75 bits per heavy atom. The fraction of sp³-hybridized carbons (Fsp3) is 0.667. The lowest BCUT2D eigenvalue weighted by molar-refractivity contribution is -0.184. The van der Waals surface area contributed by atoms with Gasteiger partial charge in [0.15, 0.2) is 5.60 Å². The summed E-state index contributed by atoms with van der Waals surface area (Å²) in [6.45, 7) is 4.37. The molecule has 24 heavy (non-hydrogen) atoms. The number of hydrogen-bond acceptors (Lipinski definition) is 3. The number of benzene rings is 1. The second-order valence-electron chi connectivity index (χ2n) is 7.95. The van der Waals surface area contributed by atoms with Crippen LogP contribution in [0.15, 0.2) is 30.3 Å². The molecule has 2 aliphatic rings. The maximum Gasteiger partial charge on any atom is 0.343 e. The predicted molar refractivity (Wildman–Crippen MR) is 94.4 cm³/mol. The van der Waals surface area contributed by atoms with Gasteiger partial charge in [-0.1, -0.05) is 63.4 Å². The van der Waals surface area contributed by atoms with Gasteiger partial charge in [-0.2, -0.15) is 0 Å². The zero-order valence-corrected chi connectivity index (χ0v) is 14.9. The van der Waals surface area contributed by atoms with E-state index in [-0.39, 0.29) is 12.0 Å². The minimum Gasteiger partial charge on any atom is -0.460 e. The molecular formula is C21H30O3. The standard InChI is InChI=1S/C21H30O3/c1-15-12-13-16(2)19(14-15)24-20(22)21(23,18-10-6-7-11-18)17-8-4-3-5-9-17/h3-5,8-9,15-16,18-19,23H,6-7,10-14H2,1-2H3/t15?,16?,19-,21+/m0/s1. The van der Waals surface area contributed by atoms with Crippen molar-refractivity contribution in [3.63, 3.8) is 0 Å². The quantitative estimate of drug-likeness (QED) is 0.831. The van der Waals surface area contributed by atoms with Crippen LogP contribution < -0.4 is 0 Å². The van der Waals surface area contributed by atoms with Crippen LogP contribution in [0.2, 0.25) is 0 Å². The van der Waals surface area contributed by atoms with Gasteiger partial charge in [0.25, 0.3) is 0 Å². The van der Waals surface area contributed by atoms with E-state index in [0.29, 0.717) is 17.4 Å². The van der Waals surface area contributed by atoms with Gasteiger partial charge < -0.3 is 9.84 Å². The normalized spacial score (nSPS) is 30.7. The third-order valence-electron chi connectivity index (χ3n) is 6.11. The van der Waals surface area contributed by atoms with Crippen molar-refractivity contribution in [2.24, 2.45) is 17.8 Å². The largest absolute Gasteiger partial charge is 0.460 e. The molecule has 4 atom stereocenters. The van der Waals surface area contributed by atoms with Gasteiger partial charge in [-0.05, 0) is 43.1 Å². The maximum atomic E-state index is 13.1. The summed E-state index contributed by atoms with van der Waals surface area (Å²) in [5.41, 5.74) is -0.823. The molecule has 2 unspecified atom stereocenters. The van der Waals surface area contributed by atoms with E-state index < -0.39 is 11.6 Å². The van der Waals surface area contributed by atoms with E-state index in [0.717, 1.165) is 38.5 Å². The average Bonchev–Trinajstić information content (AvgIpc) is 3.13. The monoisotopic (exact) mass is 330 g/mol. The number of hydrogen-bond donors (Lipinski definition) is 1. The first kappa shape index (κ1) is 17.5. The fourth-order valence-electron chi connectivity index (χ4n) is 4.43. The molecule has 0 aromatic heterocycles. The lowest BCUT2D eigenvalue weighted by atomic mass is 9.79. The first-order valence-electron chi connectivity index (χ1n) is 9.50. The molecule has 0 amide bonds. The number of carbonyl (C=O) groups excluding carboxylic acids is 1. The number of ether oxygens (including phenoxy) is 1. The molecule has 1 N–H and O–H groups in total. The van der Waals surface area contributed by atoms with Crippen molar-refractivity contribution in [2.75, 3.05) is 0 Å². The van der Waals surface area contributed by atoms with Crippen LogP contribution in [0.4, 0.5) is 0 Å². The van der Waals surface area contributed by atoms with Crippen LogP contribution in [-0.4, -0.2) is 17.2 Å². The minimum atomic E-state index is -1.50. The van der Waals surface area contributed by atoms with Gasteiger partial charge >= 0.3 is 5.97 Å². The molecule has 0 aliphatic heterocycles. The van der Waals surface area contributed by atoms with E-state index in [2.05, 4.69) is 13.8 Å². The predicted octanol–water partition coefficient (Wildman–Crippen LogP) is 4.43. The Kier molecular flexibility index (Phi) is 5.29. The molecule has 3 heteroatoms. The summed E-state index contributed by atoms with van der Waals surface area (Å²) in [6, 6.07) is 9.38. The summed E-state index contributed by atoms with van der Waals surface area (Å²) in [7, 11) is 0. The smallest absolute Gasteiger partial charge is 0.343 e. The Hall–Kier alpha value is -1.35. The van der Waals surface area contributed by atoms with Gasteiger partial charge in [-0.25, -0.2) is 4.79 Å². The molecule has 0 bridgehead atoms. The van der Waals surface area contributed by atoms with E-state index >= 15 is 0 Å². The highest BCUT2D eigenvalue weighted by Crippen LogP contribution is 2.42. The van der Waals surface area contributed by atoms with Crippen molar-refractivity contribution in [1.82, 2.24) is 0 Å². The first-order valence-corrected chi connectivity index (χ1v) is 9.50. The lowest BCUT2D eigenvalue weighted by Gasteiger charge is -2.37. The van der Waals surface area contributed by atoms with Gasteiger partial charge in [-0.15, -0.1) is 0 Å².